The summed E-state index contributed by atoms with van der Waals surface area (Å²) in [7, 11) is 3.21. The number of rotatable bonds is 4. The largest absolute Gasteiger partial charge is 0.493 e. The first kappa shape index (κ1) is 17.1. The molecule has 0 bridgehead atoms. The third-order valence-electron chi connectivity index (χ3n) is 4.37. The molecule has 2 aromatic rings. The molecule has 2 aromatic carbocycles. The van der Waals surface area contributed by atoms with Gasteiger partial charge in [0.15, 0.2) is 11.5 Å². The molecular formula is C19H21FN2O3. The second-order valence-electron chi connectivity index (χ2n) is 5.83. The summed E-state index contributed by atoms with van der Waals surface area (Å²) in [5, 5.41) is 0. The third kappa shape index (κ3) is 3.68. The summed E-state index contributed by atoms with van der Waals surface area (Å²) in [4.78, 5) is 16.4. The molecule has 6 heteroatoms. The average Bonchev–Trinajstić information content (AvgIpc) is 2.67. The van der Waals surface area contributed by atoms with E-state index in [0.717, 1.165) is 5.69 Å². The van der Waals surface area contributed by atoms with Gasteiger partial charge in [-0.25, -0.2) is 4.39 Å². The highest BCUT2D eigenvalue weighted by atomic mass is 19.1. The number of hydrogen-bond donors (Lipinski definition) is 0. The standard InChI is InChI=1S/C19H21FN2O3/c1-24-17-7-6-16(13-18(17)25-2)21-8-10-22(11-9-21)19(23)14-4-3-5-15(20)12-14/h3-7,12-13H,8-11H2,1-2H3. The number of amides is 1. The fourth-order valence-electron chi connectivity index (χ4n) is 2.99. The number of ether oxygens (including phenoxy) is 2. The average molecular weight is 344 g/mol. The first-order valence-electron chi connectivity index (χ1n) is 8.14. The van der Waals surface area contributed by atoms with E-state index in [1.165, 1.54) is 12.1 Å². The van der Waals surface area contributed by atoms with Crippen LogP contribution in [0.5, 0.6) is 11.5 Å². The highest BCUT2D eigenvalue weighted by Crippen LogP contribution is 2.31. The van der Waals surface area contributed by atoms with Crippen LogP contribution < -0.4 is 14.4 Å². The summed E-state index contributed by atoms with van der Waals surface area (Å²) in [6.07, 6.45) is 0. The topological polar surface area (TPSA) is 42.0 Å². The monoisotopic (exact) mass is 344 g/mol. The van der Waals surface area contributed by atoms with E-state index in [-0.39, 0.29) is 5.91 Å². The molecule has 1 aliphatic rings. The fraction of sp³-hybridized carbons (Fsp3) is 0.316. The van der Waals surface area contributed by atoms with E-state index in [1.54, 1.807) is 31.3 Å². The summed E-state index contributed by atoms with van der Waals surface area (Å²) in [6, 6.07) is 11.6. The van der Waals surface area contributed by atoms with E-state index in [9.17, 15) is 9.18 Å². The number of methoxy groups -OCH3 is 2. The van der Waals surface area contributed by atoms with Gasteiger partial charge >= 0.3 is 0 Å². The molecule has 5 nitrogen and oxygen atoms in total. The number of carbonyl (C=O) groups excluding carboxylic acids is 1. The molecule has 1 saturated heterocycles. The predicted molar refractivity (Wildman–Crippen MR) is 94.1 cm³/mol. The summed E-state index contributed by atoms with van der Waals surface area (Å²) in [5.41, 5.74) is 1.41. The van der Waals surface area contributed by atoms with Crippen LogP contribution in [0.15, 0.2) is 42.5 Å². The smallest absolute Gasteiger partial charge is 0.254 e. The summed E-state index contributed by atoms with van der Waals surface area (Å²) < 4.78 is 23.9. The summed E-state index contributed by atoms with van der Waals surface area (Å²) in [5.74, 6) is 0.839. The molecule has 1 fully saturated rings. The number of anilines is 1. The molecule has 1 amide bonds. The molecule has 0 aliphatic carbocycles. The van der Waals surface area contributed by atoms with E-state index < -0.39 is 5.82 Å². The Balaban J connectivity index is 1.66. The molecule has 0 aromatic heterocycles. The Kier molecular flexibility index (Phi) is 5.07. The van der Waals surface area contributed by atoms with Crippen molar-refractivity contribution in [2.24, 2.45) is 0 Å². The Morgan fingerprint density at radius 2 is 1.68 bits per heavy atom. The lowest BCUT2D eigenvalue weighted by Crippen LogP contribution is -2.48. The van der Waals surface area contributed by atoms with Gasteiger partial charge in [-0.15, -0.1) is 0 Å². The number of carbonyl (C=O) groups is 1. The van der Waals surface area contributed by atoms with Crippen LogP contribution in [0.4, 0.5) is 10.1 Å². The van der Waals surface area contributed by atoms with Gasteiger partial charge in [-0.1, -0.05) is 6.07 Å². The molecule has 0 spiro atoms. The molecule has 132 valence electrons. The van der Waals surface area contributed by atoms with Crippen LogP contribution in [0.25, 0.3) is 0 Å². The van der Waals surface area contributed by atoms with Crippen molar-refractivity contribution in [1.82, 2.24) is 4.90 Å². The van der Waals surface area contributed by atoms with Crippen molar-refractivity contribution in [3.8, 4) is 11.5 Å². The number of piperazine rings is 1. The van der Waals surface area contributed by atoms with Crippen molar-refractivity contribution in [3.05, 3.63) is 53.8 Å². The first-order chi connectivity index (χ1) is 12.1. The molecule has 3 rings (SSSR count). The molecule has 1 aliphatic heterocycles. The van der Waals surface area contributed by atoms with Gasteiger partial charge in [-0.3, -0.25) is 4.79 Å². The maximum absolute atomic E-state index is 13.3. The normalized spacial score (nSPS) is 14.4. The van der Waals surface area contributed by atoms with Crippen molar-refractivity contribution in [3.63, 3.8) is 0 Å². The van der Waals surface area contributed by atoms with Gasteiger partial charge in [-0.2, -0.15) is 0 Å². The van der Waals surface area contributed by atoms with Crippen LogP contribution in [0, 0.1) is 5.82 Å². The van der Waals surface area contributed by atoms with E-state index in [1.807, 2.05) is 18.2 Å². The molecule has 0 atom stereocenters. The molecular weight excluding hydrogens is 323 g/mol. The minimum atomic E-state index is -0.394. The molecule has 1 heterocycles. The zero-order valence-electron chi connectivity index (χ0n) is 14.4. The SMILES string of the molecule is COc1ccc(N2CCN(C(=O)c3cccc(F)c3)CC2)cc1OC. The molecule has 25 heavy (non-hydrogen) atoms. The molecule has 0 N–H and O–H groups in total. The number of halogens is 1. The Bertz CT molecular complexity index is 758. The highest BCUT2D eigenvalue weighted by molar-refractivity contribution is 5.94. The van der Waals surface area contributed by atoms with Crippen molar-refractivity contribution in [1.29, 1.82) is 0 Å². The minimum Gasteiger partial charge on any atom is -0.493 e. The third-order valence-corrected chi connectivity index (χ3v) is 4.37. The van der Waals surface area contributed by atoms with Crippen LogP contribution in [0.2, 0.25) is 0 Å². The Morgan fingerprint density at radius 3 is 2.32 bits per heavy atom. The van der Waals surface area contributed by atoms with E-state index in [0.29, 0.717) is 43.2 Å². The fourth-order valence-corrected chi connectivity index (χ4v) is 2.99. The van der Waals surface area contributed by atoms with E-state index in [2.05, 4.69) is 4.90 Å². The van der Waals surface area contributed by atoms with Crippen LogP contribution >= 0.6 is 0 Å². The first-order valence-corrected chi connectivity index (χ1v) is 8.14. The Labute approximate surface area is 146 Å². The van der Waals surface area contributed by atoms with Gasteiger partial charge < -0.3 is 19.3 Å². The van der Waals surface area contributed by atoms with Crippen LogP contribution in [-0.2, 0) is 0 Å². The van der Waals surface area contributed by atoms with Crippen molar-refractivity contribution < 1.29 is 18.7 Å². The zero-order valence-corrected chi connectivity index (χ0v) is 14.4. The lowest BCUT2D eigenvalue weighted by atomic mass is 10.1. The summed E-state index contributed by atoms with van der Waals surface area (Å²) in [6.45, 7) is 2.58. The maximum Gasteiger partial charge on any atom is 0.254 e. The van der Waals surface area contributed by atoms with Gasteiger partial charge in [0.25, 0.3) is 5.91 Å². The number of nitrogens with zero attached hydrogens (tertiary/aromatic N) is 2. The molecule has 0 radical (unpaired) electrons. The van der Waals surface area contributed by atoms with E-state index in [4.69, 9.17) is 9.47 Å². The maximum atomic E-state index is 13.3. The second kappa shape index (κ2) is 7.42. The van der Waals surface area contributed by atoms with Crippen molar-refractivity contribution >= 4 is 11.6 Å². The predicted octanol–water partition coefficient (Wildman–Crippen LogP) is 2.81. The van der Waals surface area contributed by atoms with Crippen LogP contribution in [-0.4, -0.2) is 51.2 Å². The van der Waals surface area contributed by atoms with Crippen LogP contribution in [0.1, 0.15) is 10.4 Å². The Hall–Kier alpha value is -2.76. The van der Waals surface area contributed by atoms with Gasteiger partial charge in [0, 0.05) is 43.5 Å². The van der Waals surface area contributed by atoms with Gasteiger partial charge in [0.05, 0.1) is 14.2 Å². The summed E-state index contributed by atoms with van der Waals surface area (Å²) >= 11 is 0. The van der Waals surface area contributed by atoms with Crippen LogP contribution in [0.3, 0.4) is 0 Å². The lowest BCUT2D eigenvalue weighted by molar-refractivity contribution is 0.0746. The molecule has 0 unspecified atom stereocenters. The minimum absolute atomic E-state index is 0.133. The van der Waals surface area contributed by atoms with Gasteiger partial charge in [0.2, 0.25) is 0 Å². The van der Waals surface area contributed by atoms with Crippen molar-refractivity contribution in [2.45, 2.75) is 0 Å². The number of hydrogen-bond acceptors (Lipinski definition) is 4. The number of benzene rings is 2. The van der Waals surface area contributed by atoms with E-state index >= 15 is 0 Å². The van der Waals surface area contributed by atoms with Crippen molar-refractivity contribution in [2.75, 3.05) is 45.3 Å². The zero-order chi connectivity index (χ0) is 17.8. The van der Waals surface area contributed by atoms with Gasteiger partial charge in [0.1, 0.15) is 5.82 Å². The Morgan fingerprint density at radius 1 is 0.960 bits per heavy atom. The second-order valence-corrected chi connectivity index (χ2v) is 5.83. The quantitative estimate of drug-likeness (QED) is 0.855. The molecule has 0 saturated carbocycles. The highest BCUT2D eigenvalue weighted by Gasteiger charge is 2.23. The van der Waals surface area contributed by atoms with Gasteiger partial charge in [-0.05, 0) is 30.3 Å². The lowest BCUT2D eigenvalue weighted by Gasteiger charge is -2.36.